The van der Waals surface area contributed by atoms with Crippen LogP contribution in [-0.4, -0.2) is 29.8 Å². The molecular weight excluding hydrogens is 294 g/mol. The van der Waals surface area contributed by atoms with Gasteiger partial charge >= 0.3 is 0 Å². The summed E-state index contributed by atoms with van der Waals surface area (Å²) in [5.41, 5.74) is 4.05. The molecule has 4 rings (SSSR count). The standard InChI is InChI=1S/C22H21NO/c1-23-20-12-13-21(23)19(15-17-10-6-3-7-11-17)22(24)18(20)14-16-8-4-2-5-9-16/h2-11,14-15,20-21H,12-13H2,1H3/b18-14-,19-15-. The summed E-state index contributed by atoms with van der Waals surface area (Å²) in [5, 5.41) is 0. The molecule has 0 amide bonds. The van der Waals surface area contributed by atoms with Crippen molar-refractivity contribution in [1.82, 2.24) is 4.90 Å². The van der Waals surface area contributed by atoms with E-state index < -0.39 is 0 Å². The third-order valence-electron chi connectivity index (χ3n) is 5.18. The quantitative estimate of drug-likeness (QED) is 0.774. The van der Waals surface area contributed by atoms with Gasteiger partial charge in [0.1, 0.15) is 0 Å². The summed E-state index contributed by atoms with van der Waals surface area (Å²) in [6, 6.07) is 20.8. The van der Waals surface area contributed by atoms with E-state index in [1.54, 1.807) is 0 Å². The number of likely N-dealkylation sites (N-methyl/N-ethyl adjacent to an activating group) is 1. The Morgan fingerprint density at radius 1 is 0.792 bits per heavy atom. The predicted octanol–water partition coefficient (Wildman–Crippen LogP) is 4.20. The Kier molecular flexibility index (Phi) is 3.91. The van der Waals surface area contributed by atoms with Crippen LogP contribution in [0.25, 0.3) is 12.2 Å². The van der Waals surface area contributed by atoms with Gasteiger partial charge in [-0.1, -0.05) is 60.7 Å². The Balaban J connectivity index is 1.78. The topological polar surface area (TPSA) is 20.3 Å². The first-order valence-electron chi connectivity index (χ1n) is 8.54. The van der Waals surface area contributed by atoms with Crippen molar-refractivity contribution >= 4 is 17.9 Å². The van der Waals surface area contributed by atoms with Gasteiger partial charge in [0.2, 0.25) is 0 Å². The third-order valence-corrected chi connectivity index (χ3v) is 5.18. The van der Waals surface area contributed by atoms with Crippen LogP contribution in [-0.2, 0) is 4.79 Å². The molecule has 2 aliphatic heterocycles. The molecule has 2 unspecified atom stereocenters. The van der Waals surface area contributed by atoms with E-state index in [2.05, 4.69) is 48.4 Å². The highest BCUT2D eigenvalue weighted by atomic mass is 16.1. The third kappa shape index (κ3) is 2.63. The number of benzene rings is 2. The summed E-state index contributed by atoms with van der Waals surface area (Å²) in [4.78, 5) is 15.5. The SMILES string of the molecule is CN1C2CCC1/C(=C/c1ccccc1)C(=O)/C2=C\c1ccccc1. The van der Waals surface area contributed by atoms with Crippen LogP contribution in [0.1, 0.15) is 24.0 Å². The van der Waals surface area contributed by atoms with Crippen LogP contribution in [0.5, 0.6) is 0 Å². The Morgan fingerprint density at radius 3 is 1.62 bits per heavy atom. The number of hydrogen-bond acceptors (Lipinski definition) is 2. The first-order valence-corrected chi connectivity index (χ1v) is 8.54. The fraction of sp³-hybridized carbons (Fsp3) is 0.227. The number of ketones is 1. The number of piperidine rings is 1. The number of hydrogen-bond donors (Lipinski definition) is 0. The molecule has 2 aromatic carbocycles. The molecule has 0 spiro atoms. The second kappa shape index (κ2) is 6.21. The molecule has 2 fully saturated rings. The van der Waals surface area contributed by atoms with Crippen molar-refractivity contribution in [1.29, 1.82) is 0 Å². The molecule has 2 heteroatoms. The lowest BCUT2D eigenvalue weighted by Crippen LogP contribution is -2.43. The van der Waals surface area contributed by atoms with Crippen LogP contribution in [0.15, 0.2) is 71.8 Å². The summed E-state index contributed by atoms with van der Waals surface area (Å²) >= 11 is 0. The maximum Gasteiger partial charge on any atom is 0.188 e. The lowest BCUT2D eigenvalue weighted by Gasteiger charge is -2.34. The van der Waals surface area contributed by atoms with Crippen molar-refractivity contribution in [2.45, 2.75) is 24.9 Å². The number of nitrogens with zero attached hydrogens (tertiary/aromatic N) is 1. The van der Waals surface area contributed by atoms with E-state index in [1.165, 1.54) is 0 Å². The molecule has 2 aromatic rings. The minimum absolute atomic E-state index is 0.216. The van der Waals surface area contributed by atoms with Crippen LogP contribution < -0.4 is 0 Å². The Bertz CT molecular complexity index is 737. The van der Waals surface area contributed by atoms with Crippen LogP contribution >= 0.6 is 0 Å². The van der Waals surface area contributed by atoms with Crippen molar-refractivity contribution in [2.24, 2.45) is 0 Å². The molecule has 2 saturated heterocycles. The van der Waals surface area contributed by atoms with E-state index in [-0.39, 0.29) is 17.9 Å². The molecule has 0 aromatic heterocycles. The summed E-state index contributed by atoms with van der Waals surface area (Å²) < 4.78 is 0. The number of rotatable bonds is 2. The highest BCUT2D eigenvalue weighted by Gasteiger charge is 2.44. The van der Waals surface area contributed by atoms with Gasteiger partial charge in [-0.05, 0) is 43.2 Å². The summed E-state index contributed by atoms with van der Waals surface area (Å²) in [6.45, 7) is 0. The number of Topliss-reactive ketones (excluding diaryl/α,β-unsaturated/α-hetero) is 1. The minimum atomic E-state index is 0.216. The molecule has 120 valence electrons. The van der Waals surface area contributed by atoms with Gasteiger partial charge in [-0.25, -0.2) is 0 Å². The highest BCUT2D eigenvalue weighted by Crippen LogP contribution is 2.40. The van der Waals surface area contributed by atoms with Gasteiger partial charge in [-0.2, -0.15) is 0 Å². The van der Waals surface area contributed by atoms with E-state index in [0.29, 0.717) is 0 Å². The predicted molar refractivity (Wildman–Crippen MR) is 98.4 cm³/mol. The van der Waals surface area contributed by atoms with E-state index in [0.717, 1.165) is 35.1 Å². The lowest BCUT2D eigenvalue weighted by atomic mass is 9.88. The highest BCUT2D eigenvalue weighted by molar-refractivity contribution is 6.16. The Morgan fingerprint density at radius 2 is 1.21 bits per heavy atom. The average Bonchev–Trinajstić information content (AvgIpc) is 2.93. The number of carbonyl (C=O) groups is 1. The lowest BCUT2D eigenvalue weighted by molar-refractivity contribution is -0.114. The monoisotopic (exact) mass is 315 g/mol. The molecule has 0 N–H and O–H groups in total. The molecule has 2 nitrogen and oxygen atoms in total. The van der Waals surface area contributed by atoms with Crippen LogP contribution in [0.3, 0.4) is 0 Å². The van der Waals surface area contributed by atoms with Gasteiger partial charge in [0.05, 0.1) is 0 Å². The molecule has 2 heterocycles. The van der Waals surface area contributed by atoms with Crippen molar-refractivity contribution in [3.05, 3.63) is 82.9 Å². The minimum Gasteiger partial charge on any atom is -0.292 e. The van der Waals surface area contributed by atoms with Gasteiger partial charge in [0, 0.05) is 23.2 Å². The zero-order valence-corrected chi connectivity index (χ0v) is 13.9. The number of carbonyl (C=O) groups excluding carboxylic acids is 1. The zero-order chi connectivity index (χ0) is 16.5. The summed E-state index contributed by atoms with van der Waals surface area (Å²) in [7, 11) is 2.15. The van der Waals surface area contributed by atoms with Crippen molar-refractivity contribution in [2.75, 3.05) is 7.05 Å². The van der Waals surface area contributed by atoms with E-state index in [9.17, 15) is 4.79 Å². The zero-order valence-electron chi connectivity index (χ0n) is 13.9. The average molecular weight is 315 g/mol. The van der Waals surface area contributed by atoms with Gasteiger partial charge < -0.3 is 0 Å². The maximum absolute atomic E-state index is 13.2. The molecule has 24 heavy (non-hydrogen) atoms. The molecule has 2 atom stereocenters. The van der Waals surface area contributed by atoms with Gasteiger partial charge in [-0.3, -0.25) is 9.69 Å². The van der Waals surface area contributed by atoms with Crippen LogP contribution in [0.4, 0.5) is 0 Å². The van der Waals surface area contributed by atoms with Crippen molar-refractivity contribution in [3.63, 3.8) is 0 Å². The second-order valence-corrected chi connectivity index (χ2v) is 6.62. The molecule has 2 aliphatic rings. The van der Waals surface area contributed by atoms with Crippen molar-refractivity contribution < 1.29 is 4.79 Å². The summed E-state index contributed by atoms with van der Waals surface area (Å²) in [5.74, 6) is 0.216. The first kappa shape index (κ1) is 15.1. The molecule has 0 saturated carbocycles. The van der Waals surface area contributed by atoms with Crippen LogP contribution in [0, 0.1) is 0 Å². The molecule has 0 radical (unpaired) electrons. The normalized spacial score (nSPS) is 27.1. The van der Waals surface area contributed by atoms with E-state index in [1.807, 2.05) is 36.4 Å². The fourth-order valence-electron chi connectivity index (χ4n) is 3.94. The summed E-state index contributed by atoms with van der Waals surface area (Å²) in [6.07, 6.45) is 6.25. The van der Waals surface area contributed by atoms with E-state index >= 15 is 0 Å². The van der Waals surface area contributed by atoms with Gasteiger partial charge in [0.25, 0.3) is 0 Å². The smallest absolute Gasteiger partial charge is 0.188 e. The van der Waals surface area contributed by atoms with Crippen LogP contribution in [0.2, 0.25) is 0 Å². The van der Waals surface area contributed by atoms with Crippen molar-refractivity contribution in [3.8, 4) is 0 Å². The Labute approximate surface area is 143 Å². The molecule has 0 aliphatic carbocycles. The van der Waals surface area contributed by atoms with E-state index in [4.69, 9.17) is 0 Å². The maximum atomic E-state index is 13.2. The van der Waals surface area contributed by atoms with Gasteiger partial charge in [-0.15, -0.1) is 0 Å². The molecular formula is C22H21NO. The second-order valence-electron chi connectivity index (χ2n) is 6.62. The fourth-order valence-corrected chi connectivity index (χ4v) is 3.94. The van der Waals surface area contributed by atoms with Gasteiger partial charge in [0.15, 0.2) is 5.78 Å². The number of fused-ring (bicyclic) bond motifs is 2. The largest absolute Gasteiger partial charge is 0.292 e. The Hall–Kier alpha value is -2.45. The molecule has 2 bridgehead atoms. The first-order chi connectivity index (χ1) is 11.7.